The molecule has 0 aliphatic heterocycles. The molecule has 0 bridgehead atoms. The van der Waals surface area contributed by atoms with Crippen LogP contribution in [0, 0.1) is 46.3 Å². The lowest BCUT2D eigenvalue weighted by atomic mass is 9.47. The molecular formula is C43H74N4O3. The van der Waals surface area contributed by atoms with Crippen molar-refractivity contribution in [1.29, 1.82) is 0 Å². The smallest absolute Gasteiger partial charge is 0.253 e. The standard InChI is InChI=1S/C43H74N4O3/c1-30(2)13-10-14-31(3)35-17-18-36-34-16-15-32-29-33(19-21-42(32,4)37(34)20-22-43(35,36)5)50-28-23-44-38-39(41(49)40(38)48)47(26-11-24-45(6)7)27-12-25-46(8)9/h15,30-31,33-37,44H,10-14,16-29H2,1-9H3/t31-,33?,34?,35?,36?,37?,42?,43?/m1/s1. The summed E-state index contributed by atoms with van der Waals surface area (Å²) in [5, 5.41) is 3.33. The monoisotopic (exact) mass is 695 g/mol. The van der Waals surface area contributed by atoms with Gasteiger partial charge in [0.15, 0.2) is 0 Å². The highest BCUT2D eigenvalue weighted by atomic mass is 16.5. The van der Waals surface area contributed by atoms with Crippen molar-refractivity contribution < 1.29 is 4.74 Å². The van der Waals surface area contributed by atoms with E-state index in [0.29, 0.717) is 35.4 Å². The van der Waals surface area contributed by atoms with Gasteiger partial charge in [0.05, 0.1) is 12.7 Å². The first-order valence-electron chi connectivity index (χ1n) is 20.7. The van der Waals surface area contributed by atoms with Crippen molar-refractivity contribution in [3.63, 3.8) is 0 Å². The van der Waals surface area contributed by atoms with E-state index in [4.69, 9.17) is 4.74 Å². The van der Waals surface area contributed by atoms with E-state index >= 15 is 0 Å². The van der Waals surface area contributed by atoms with Gasteiger partial charge in [-0.3, -0.25) is 9.59 Å². The van der Waals surface area contributed by atoms with Crippen LogP contribution in [0.15, 0.2) is 21.2 Å². The molecule has 0 aromatic heterocycles. The summed E-state index contributed by atoms with van der Waals surface area (Å²) >= 11 is 0. The van der Waals surface area contributed by atoms with Gasteiger partial charge in [-0.25, -0.2) is 0 Å². The fourth-order valence-corrected chi connectivity index (χ4v) is 11.5. The SMILES string of the molecule is CC(C)CCC[C@@H](C)C1CCC2C3CC=C4CC(OCCNc5c(N(CCCN(C)C)CCCN(C)C)c(=O)c5=O)CCC4(C)C3CCC21C. The number of anilines is 2. The first kappa shape index (κ1) is 39.5. The number of fused-ring (bicyclic) bond motifs is 5. The van der Waals surface area contributed by atoms with Gasteiger partial charge in [-0.05, 0) is 152 Å². The summed E-state index contributed by atoms with van der Waals surface area (Å²) in [7, 11) is 8.28. The molecule has 4 aliphatic carbocycles. The average Bonchev–Trinajstić information content (AvgIpc) is 3.42. The molecule has 284 valence electrons. The molecule has 7 nitrogen and oxygen atoms in total. The van der Waals surface area contributed by atoms with Gasteiger partial charge in [-0.1, -0.05) is 65.5 Å². The van der Waals surface area contributed by atoms with E-state index in [2.05, 4.69) is 88.9 Å². The van der Waals surface area contributed by atoms with Crippen LogP contribution in [-0.4, -0.2) is 83.4 Å². The lowest BCUT2D eigenvalue weighted by Gasteiger charge is -2.58. The Morgan fingerprint density at radius 1 is 0.840 bits per heavy atom. The number of rotatable bonds is 19. The third-order valence-corrected chi connectivity index (χ3v) is 14.3. The maximum atomic E-state index is 12.8. The molecule has 5 rings (SSSR count). The summed E-state index contributed by atoms with van der Waals surface area (Å²) in [5.74, 6) is 5.16. The van der Waals surface area contributed by atoms with E-state index in [1.54, 1.807) is 5.57 Å². The van der Waals surface area contributed by atoms with Crippen LogP contribution < -0.4 is 21.1 Å². The van der Waals surface area contributed by atoms with Gasteiger partial charge in [0.25, 0.3) is 10.9 Å². The Morgan fingerprint density at radius 2 is 1.54 bits per heavy atom. The molecule has 7 unspecified atom stereocenters. The molecule has 1 aromatic rings. The van der Waals surface area contributed by atoms with E-state index in [1.165, 1.54) is 57.8 Å². The van der Waals surface area contributed by atoms with E-state index in [0.717, 1.165) is 87.4 Å². The number of nitrogens with one attached hydrogen (secondary N) is 1. The minimum atomic E-state index is -0.377. The highest BCUT2D eigenvalue weighted by molar-refractivity contribution is 5.75. The molecule has 0 amide bonds. The van der Waals surface area contributed by atoms with Crippen LogP contribution in [0.4, 0.5) is 11.4 Å². The second-order valence-corrected chi connectivity index (χ2v) is 18.6. The summed E-state index contributed by atoms with van der Waals surface area (Å²) in [5.41, 5.74) is 2.88. The minimum absolute atomic E-state index is 0.241. The third kappa shape index (κ3) is 8.57. The molecule has 0 saturated heterocycles. The topological polar surface area (TPSA) is 65.1 Å². The predicted octanol–water partition coefficient (Wildman–Crippen LogP) is 7.83. The summed E-state index contributed by atoms with van der Waals surface area (Å²) in [6.45, 7) is 17.2. The van der Waals surface area contributed by atoms with Crippen LogP contribution in [0.25, 0.3) is 0 Å². The van der Waals surface area contributed by atoms with Crippen molar-refractivity contribution in [2.75, 3.05) is 77.7 Å². The van der Waals surface area contributed by atoms with Gasteiger partial charge >= 0.3 is 0 Å². The molecule has 50 heavy (non-hydrogen) atoms. The zero-order chi connectivity index (χ0) is 36.2. The van der Waals surface area contributed by atoms with Gasteiger partial charge in [-0.2, -0.15) is 0 Å². The van der Waals surface area contributed by atoms with Crippen molar-refractivity contribution in [1.82, 2.24) is 9.80 Å². The first-order chi connectivity index (χ1) is 23.8. The molecule has 0 radical (unpaired) electrons. The van der Waals surface area contributed by atoms with Gasteiger partial charge in [0.1, 0.15) is 11.4 Å². The quantitative estimate of drug-likeness (QED) is 0.0900. The Balaban J connectivity index is 1.13. The Hall–Kier alpha value is -1.70. The largest absolute Gasteiger partial charge is 0.378 e. The van der Waals surface area contributed by atoms with Crippen molar-refractivity contribution in [3.8, 4) is 0 Å². The molecule has 7 heteroatoms. The fourth-order valence-electron chi connectivity index (χ4n) is 11.5. The van der Waals surface area contributed by atoms with Crippen LogP contribution in [0.2, 0.25) is 0 Å². The van der Waals surface area contributed by atoms with Crippen LogP contribution >= 0.6 is 0 Å². The summed E-state index contributed by atoms with van der Waals surface area (Å²) in [6.07, 6.45) is 19.4. The lowest BCUT2D eigenvalue weighted by Crippen LogP contribution is -2.51. The Bertz CT molecular complexity index is 1330. The fraction of sp³-hybridized carbons (Fsp3) is 0.860. The lowest BCUT2D eigenvalue weighted by molar-refractivity contribution is -0.0632. The Kier molecular flexibility index (Phi) is 13.4. The summed E-state index contributed by atoms with van der Waals surface area (Å²) < 4.78 is 6.50. The van der Waals surface area contributed by atoms with E-state index in [9.17, 15) is 9.59 Å². The molecule has 3 saturated carbocycles. The zero-order valence-electron chi connectivity index (χ0n) is 33.6. The van der Waals surface area contributed by atoms with Crippen molar-refractivity contribution in [3.05, 3.63) is 32.1 Å². The molecule has 1 N–H and O–H groups in total. The van der Waals surface area contributed by atoms with Gasteiger partial charge < -0.3 is 24.8 Å². The van der Waals surface area contributed by atoms with Crippen molar-refractivity contribution >= 4 is 11.4 Å². The Morgan fingerprint density at radius 3 is 2.20 bits per heavy atom. The predicted molar refractivity (Wildman–Crippen MR) is 211 cm³/mol. The van der Waals surface area contributed by atoms with E-state index in [-0.39, 0.29) is 17.0 Å². The number of allylic oxidation sites excluding steroid dienone is 1. The normalized spacial score (nSPS) is 31.5. The molecule has 1 aromatic carbocycles. The maximum absolute atomic E-state index is 12.8. The summed E-state index contributed by atoms with van der Waals surface area (Å²) in [6, 6.07) is 0. The van der Waals surface area contributed by atoms with Gasteiger partial charge in [0, 0.05) is 19.6 Å². The van der Waals surface area contributed by atoms with Gasteiger partial charge in [-0.15, -0.1) is 0 Å². The maximum Gasteiger partial charge on any atom is 0.253 e. The molecule has 4 aliphatic rings. The highest BCUT2D eigenvalue weighted by Crippen LogP contribution is 2.67. The number of nitrogens with zero attached hydrogens (tertiary/aromatic N) is 3. The third-order valence-electron chi connectivity index (χ3n) is 14.3. The summed E-state index contributed by atoms with van der Waals surface area (Å²) in [4.78, 5) is 31.9. The molecule has 3 fully saturated rings. The highest BCUT2D eigenvalue weighted by Gasteiger charge is 2.59. The minimum Gasteiger partial charge on any atom is -0.378 e. The molecule has 0 spiro atoms. The number of hydrogen-bond donors (Lipinski definition) is 1. The average molecular weight is 695 g/mol. The second kappa shape index (κ2) is 17.0. The van der Waals surface area contributed by atoms with Gasteiger partial charge in [0.2, 0.25) is 0 Å². The number of ether oxygens (including phenoxy) is 1. The molecule has 8 atom stereocenters. The van der Waals surface area contributed by atoms with Crippen LogP contribution in [0.1, 0.15) is 118 Å². The zero-order valence-corrected chi connectivity index (χ0v) is 33.6. The molecule has 0 heterocycles. The Labute approximate surface area is 305 Å². The second-order valence-electron chi connectivity index (χ2n) is 18.6. The molecular weight excluding hydrogens is 620 g/mol. The van der Waals surface area contributed by atoms with Crippen LogP contribution in [0.3, 0.4) is 0 Å². The van der Waals surface area contributed by atoms with E-state index in [1.807, 2.05) is 0 Å². The van der Waals surface area contributed by atoms with Crippen molar-refractivity contribution in [2.24, 2.45) is 46.3 Å². The first-order valence-corrected chi connectivity index (χ1v) is 20.7. The van der Waals surface area contributed by atoms with Crippen LogP contribution in [-0.2, 0) is 4.74 Å². The van der Waals surface area contributed by atoms with Crippen molar-refractivity contribution in [2.45, 2.75) is 124 Å². The van der Waals surface area contributed by atoms with Crippen LogP contribution in [0.5, 0.6) is 0 Å². The number of hydrogen-bond acceptors (Lipinski definition) is 7. The van der Waals surface area contributed by atoms with E-state index < -0.39 is 0 Å².